The second-order valence-electron chi connectivity index (χ2n) is 7.58. The zero-order chi connectivity index (χ0) is 20.8. The van der Waals surface area contributed by atoms with Crippen molar-refractivity contribution >= 4 is 17.4 Å². The highest BCUT2D eigenvalue weighted by Crippen LogP contribution is 2.32. The Morgan fingerprint density at radius 2 is 2.00 bits per heavy atom. The molecule has 0 spiro atoms. The van der Waals surface area contributed by atoms with E-state index in [1.54, 1.807) is 12.4 Å². The van der Waals surface area contributed by atoms with Crippen LogP contribution in [0.5, 0.6) is 0 Å². The second-order valence-corrected chi connectivity index (χ2v) is 7.58. The fraction of sp³-hybridized carbons (Fsp3) is 0.333. The van der Waals surface area contributed by atoms with Crippen molar-refractivity contribution in [2.75, 3.05) is 11.9 Å². The van der Waals surface area contributed by atoms with Crippen molar-refractivity contribution in [2.45, 2.75) is 45.1 Å². The van der Waals surface area contributed by atoms with E-state index in [0.717, 1.165) is 55.0 Å². The van der Waals surface area contributed by atoms with E-state index < -0.39 is 0 Å². The van der Waals surface area contributed by atoms with E-state index in [9.17, 15) is 4.79 Å². The van der Waals surface area contributed by atoms with Crippen molar-refractivity contribution in [3.8, 4) is 11.3 Å². The molecule has 0 radical (unpaired) electrons. The summed E-state index contributed by atoms with van der Waals surface area (Å²) in [5.41, 5.74) is 2.70. The highest BCUT2D eigenvalue weighted by atomic mass is 16.2. The summed E-state index contributed by atoms with van der Waals surface area (Å²) in [5.74, 6) is 1.60. The van der Waals surface area contributed by atoms with Gasteiger partial charge >= 0.3 is 0 Å². The summed E-state index contributed by atoms with van der Waals surface area (Å²) in [6, 6.07) is 15.7. The molecule has 1 N–H and O–H groups in total. The van der Waals surface area contributed by atoms with Crippen LogP contribution in [-0.4, -0.2) is 32.3 Å². The predicted octanol–water partition coefficient (Wildman–Crippen LogP) is 5.14. The van der Waals surface area contributed by atoms with Gasteiger partial charge in [-0.25, -0.2) is 9.97 Å². The maximum atomic E-state index is 12.8. The van der Waals surface area contributed by atoms with Crippen molar-refractivity contribution in [1.82, 2.24) is 19.9 Å². The van der Waals surface area contributed by atoms with Crippen LogP contribution in [0.4, 0.5) is 11.5 Å². The Balaban J connectivity index is 1.73. The molecular weight excluding hydrogens is 374 g/mol. The molecule has 2 aromatic heterocycles. The SMILES string of the molecule is CCCC(=O)N1CCCCC1c1nc(Nc2ccccc2)cc(-c2cccnc2)n1. The Kier molecular flexibility index (Phi) is 6.32. The van der Waals surface area contributed by atoms with E-state index in [1.807, 2.05) is 60.4 Å². The van der Waals surface area contributed by atoms with Gasteiger partial charge in [0.2, 0.25) is 5.91 Å². The lowest BCUT2D eigenvalue weighted by molar-refractivity contribution is -0.135. The quantitative estimate of drug-likeness (QED) is 0.619. The Morgan fingerprint density at radius 1 is 1.13 bits per heavy atom. The highest BCUT2D eigenvalue weighted by Gasteiger charge is 2.30. The number of amides is 1. The number of aromatic nitrogens is 3. The molecule has 6 nitrogen and oxygen atoms in total. The minimum atomic E-state index is -0.0919. The lowest BCUT2D eigenvalue weighted by atomic mass is 10.00. The van der Waals surface area contributed by atoms with Gasteiger partial charge in [0.1, 0.15) is 5.82 Å². The molecule has 3 aromatic rings. The number of benzene rings is 1. The van der Waals surface area contributed by atoms with Crippen LogP contribution in [0.25, 0.3) is 11.3 Å². The minimum absolute atomic E-state index is 0.0919. The molecule has 1 unspecified atom stereocenters. The molecule has 0 saturated carbocycles. The molecule has 1 saturated heterocycles. The molecule has 6 heteroatoms. The number of hydrogen-bond donors (Lipinski definition) is 1. The van der Waals surface area contributed by atoms with Gasteiger partial charge in [0.15, 0.2) is 5.82 Å². The van der Waals surface area contributed by atoms with E-state index in [2.05, 4.69) is 10.3 Å². The lowest BCUT2D eigenvalue weighted by Crippen LogP contribution is -2.39. The molecule has 154 valence electrons. The summed E-state index contributed by atoms with van der Waals surface area (Å²) in [7, 11) is 0. The molecule has 1 fully saturated rings. The first kappa shape index (κ1) is 20.0. The monoisotopic (exact) mass is 401 g/mol. The van der Waals surface area contributed by atoms with Gasteiger partial charge in [0.05, 0.1) is 11.7 Å². The van der Waals surface area contributed by atoms with Crippen LogP contribution in [0.3, 0.4) is 0 Å². The van der Waals surface area contributed by atoms with Crippen LogP contribution in [0.1, 0.15) is 50.9 Å². The number of piperidine rings is 1. The number of carbonyl (C=O) groups is 1. The van der Waals surface area contributed by atoms with Gasteiger partial charge in [-0.3, -0.25) is 9.78 Å². The number of anilines is 2. The molecule has 0 aliphatic carbocycles. The highest BCUT2D eigenvalue weighted by molar-refractivity contribution is 5.76. The normalized spacial score (nSPS) is 16.3. The Hall–Kier alpha value is -3.28. The van der Waals surface area contributed by atoms with Crippen molar-refractivity contribution in [3.05, 3.63) is 66.7 Å². The van der Waals surface area contributed by atoms with Crippen molar-refractivity contribution in [2.24, 2.45) is 0 Å². The van der Waals surface area contributed by atoms with E-state index in [1.165, 1.54) is 0 Å². The summed E-state index contributed by atoms with van der Waals surface area (Å²) in [4.78, 5) is 28.7. The van der Waals surface area contributed by atoms with Gasteiger partial charge in [-0.05, 0) is 49.9 Å². The van der Waals surface area contributed by atoms with Crippen LogP contribution >= 0.6 is 0 Å². The minimum Gasteiger partial charge on any atom is -0.340 e. The van der Waals surface area contributed by atoms with E-state index in [4.69, 9.17) is 9.97 Å². The number of carbonyl (C=O) groups excluding carboxylic acids is 1. The lowest BCUT2D eigenvalue weighted by Gasteiger charge is -2.35. The maximum Gasteiger partial charge on any atom is 0.223 e. The van der Waals surface area contributed by atoms with Gasteiger partial charge < -0.3 is 10.2 Å². The molecule has 1 aliphatic heterocycles. The van der Waals surface area contributed by atoms with Crippen molar-refractivity contribution < 1.29 is 4.79 Å². The fourth-order valence-electron chi connectivity index (χ4n) is 3.87. The molecule has 3 heterocycles. The Bertz CT molecular complexity index is 977. The number of likely N-dealkylation sites (tertiary alicyclic amines) is 1. The molecule has 30 heavy (non-hydrogen) atoms. The standard InChI is InChI=1S/C24H27N5O/c1-2-9-23(30)29-15-7-6-13-21(29)24-27-20(18-10-8-14-25-17-18)16-22(28-24)26-19-11-4-3-5-12-19/h3-5,8,10-12,14,16-17,21H,2,6-7,9,13,15H2,1H3,(H,26,27,28). The van der Waals surface area contributed by atoms with E-state index in [-0.39, 0.29) is 11.9 Å². The average molecular weight is 402 g/mol. The first-order valence-electron chi connectivity index (χ1n) is 10.7. The van der Waals surface area contributed by atoms with Gasteiger partial charge in [-0.15, -0.1) is 0 Å². The zero-order valence-electron chi connectivity index (χ0n) is 17.3. The molecule has 1 amide bonds. The number of rotatable bonds is 6. The van der Waals surface area contributed by atoms with Gasteiger partial charge in [0.25, 0.3) is 0 Å². The van der Waals surface area contributed by atoms with Crippen LogP contribution in [-0.2, 0) is 4.79 Å². The number of hydrogen-bond acceptors (Lipinski definition) is 5. The van der Waals surface area contributed by atoms with Crippen molar-refractivity contribution in [3.63, 3.8) is 0 Å². The largest absolute Gasteiger partial charge is 0.340 e. The number of pyridine rings is 1. The van der Waals surface area contributed by atoms with Gasteiger partial charge in [0, 0.05) is 42.7 Å². The number of nitrogens with zero attached hydrogens (tertiary/aromatic N) is 4. The number of para-hydroxylation sites is 1. The molecule has 4 rings (SSSR count). The molecule has 1 aromatic carbocycles. The first-order chi connectivity index (χ1) is 14.7. The summed E-state index contributed by atoms with van der Waals surface area (Å²) in [5, 5.41) is 3.39. The second kappa shape index (κ2) is 9.48. The smallest absolute Gasteiger partial charge is 0.223 e. The van der Waals surface area contributed by atoms with Gasteiger partial charge in [-0.1, -0.05) is 25.1 Å². The Labute approximate surface area is 177 Å². The number of nitrogens with one attached hydrogen (secondary N) is 1. The Morgan fingerprint density at radius 3 is 2.77 bits per heavy atom. The molecule has 0 bridgehead atoms. The summed E-state index contributed by atoms with van der Waals surface area (Å²) < 4.78 is 0. The van der Waals surface area contributed by atoms with Crippen molar-refractivity contribution in [1.29, 1.82) is 0 Å². The van der Waals surface area contributed by atoms with Crippen LogP contribution in [0.15, 0.2) is 60.9 Å². The first-order valence-corrected chi connectivity index (χ1v) is 10.7. The third-order valence-electron chi connectivity index (χ3n) is 5.33. The van der Waals surface area contributed by atoms with Gasteiger partial charge in [-0.2, -0.15) is 0 Å². The van der Waals surface area contributed by atoms with Crippen LogP contribution < -0.4 is 5.32 Å². The maximum absolute atomic E-state index is 12.8. The molecular formula is C24H27N5O. The zero-order valence-corrected chi connectivity index (χ0v) is 17.3. The topological polar surface area (TPSA) is 71.0 Å². The summed E-state index contributed by atoms with van der Waals surface area (Å²) >= 11 is 0. The average Bonchev–Trinajstić information content (AvgIpc) is 2.80. The third kappa shape index (κ3) is 4.64. The predicted molar refractivity (Wildman–Crippen MR) is 118 cm³/mol. The van der Waals surface area contributed by atoms with E-state index in [0.29, 0.717) is 12.2 Å². The summed E-state index contributed by atoms with van der Waals surface area (Å²) in [6.07, 6.45) is 7.95. The molecule has 1 aliphatic rings. The fourth-order valence-corrected chi connectivity index (χ4v) is 3.87. The van der Waals surface area contributed by atoms with E-state index >= 15 is 0 Å². The third-order valence-corrected chi connectivity index (χ3v) is 5.33. The van der Waals surface area contributed by atoms with Crippen LogP contribution in [0, 0.1) is 0 Å². The molecule has 1 atom stereocenters. The summed E-state index contributed by atoms with van der Waals surface area (Å²) in [6.45, 7) is 2.81. The van der Waals surface area contributed by atoms with Crippen LogP contribution in [0.2, 0.25) is 0 Å².